The van der Waals surface area contributed by atoms with Gasteiger partial charge < -0.3 is 9.69 Å². The number of carbonyl (C=O) groups is 2. The number of hydrogen-bond acceptors (Lipinski definition) is 2. The van der Waals surface area contributed by atoms with Crippen LogP contribution in [0.5, 0.6) is 0 Å². The van der Waals surface area contributed by atoms with E-state index < -0.39 is 5.41 Å². The van der Waals surface area contributed by atoms with E-state index in [0.29, 0.717) is 19.4 Å². The predicted octanol–water partition coefficient (Wildman–Crippen LogP) is 2.74. The van der Waals surface area contributed by atoms with Crippen LogP contribution in [0, 0.1) is 11.3 Å². The van der Waals surface area contributed by atoms with E-state index in [1.165, 1.54) is 0 Å². The molecule has 0 radical (unpaired) electrons. The molecule has 2 atom stereocenters. The van der Waals surface area contributed by atoms with Crippen molar-refractivity contribution in [3.63, 3.8) is 0 Å². The van der Waals surface area contributed by atoms with Gasteiger partial charge >= 0.3 is 0 Å². The van der Waals surface area contributed by atoms with Crippen LogP contribution in [0.1, 0.15) is 12.8 Å². The Kier molecular flexibility index (Phi) is 3.26. The van der Waals surface area contributed by atoms with E-state index in [2.05, 4.69) is 0 Å². The van der Waals surface area contributed by atoms with Crippen molar-refractivity contribution in [2.24, 2.45) is 11.3 Å². The van der Waals surface area contributed by atoms with Gasteiger partial charge in [-0.25, -0.2) is 0 Å². The molecule has 1 spiro atoms. The number of anilines is 1. The van der Waals surface area contributed by atoms with Gasteiger partial charge in [-0.05, 0) is 18.6 Å². The molecule has 1 aromatic carbocycles. The second kappa shape index (κ2) is 5.08. The average molecular weight is 267 g/mol. The van der Waals surface area contributed by atoms with Gasteiger partial charge in [0.2, 0.25) is 5.91 Å². The maximum absolute atomic E-state index is 12.9. The van der Waals surface area contributed by atoms with E-state index in [9.17, 15) is 9.59 Å². The van der Waals surface area contributed by atoms with Crippen LogP contribution >= 0.6 is 0 Å². The average Bonchev–Trinajstić information content (AvgIpc) is 2.76. The quantitative estimate of drug-likeness (QED) is 0.790. The second-order valence-electron chi connectivity index (χ2n) is 5.38. The number of rotatable bonds is 3. The molecule has 1 saturated heterocycles. The number of hydrogen-bond donors (Lipinski definition) is 0. The summed E-state index contributed by atoms with van der Waals surface area (Å²) in [4.78, 5) is 25.7. The molecule has 0 aromatic heterocycles. The van der Waals surface area contributed by atoms with Crippen molar-refractivity contribution >= 4 is 17.9 Å². The molecule has 2 aliphatic rings. The lowest BCUT2D eigenvalue weighted by Crippen LogP contribution is -2.35. The fourth-order valence-corrected chi connectivity index (χ4v) is 3.22. The highest BCUT2D eigenvalue weighted by molar-refractivity contribution is 6.02. The Morgan fingerprint density at radius 3 is 2.70 bits per heavy atom. The predicted molar refractivity (Wildman–Crippen MR) is 78.3 cm³/mol. The summed E-state index contributed by atoms with van der Waals surface area (Å²) < 4.78 is 0. The maximum Gasteiger partial charge on any atom is 0.237 e. The van der Waals surface area contributed by atoms with Crippen molar-refractivity contribution in [3.05, 3.63) is 54.6 Å². The largest absolute Gasteiger partial charge is 0.311 e. The topological polar surface area (TPSA) is 37.4 Å². The Balaban J connectivity index is 1.98. The van der Waals surface area contributed by atoms with Crippen LogP contribution in [0.3, 0.4) is 0 Å². The van der Waals surface area contributed by atoms with Crippen LogP contribution in [0.25, 0.3) is 0 Å². The fraction of sp³-hybridized carbons (Fsp3) is 0.294. The molecule has 102 valence electrons. The zero-order valence-corrected chi connectivity index (χ0v) is 11.2. The lowest BCUT2D eigenvalue weighted by Gasteiger charge is -2.29. The van der Waals surface area contributed by atoms with Gasteiger partial charge in [-0.1, -0.05) is 42.5 Å². The molecule has 0 N–H and O–H groups in total. The molecule has 3 rings (SSSR count). The molecule has 1 amide bonds. The SMILES string of the molecule is O=CC[C@@H]1CN(c2ccccc2)C(=O)[C@@]12C=CC=CC2. The summed E-state index contributed by atoms with van der Waals surface area (Å²) in [6.45, 7) is 0.611. The smallest absolute Gasteiger partial charge is 0.237 e. The first-order valence-electron chi connectivity index (χ1n) is 6.93. The summed E-state index contributed by atoms with van der Waals surface area (Å²) in [5.74, 6) is 0.157. The molecule has 0 bridgehead atoms. The highest BCUT2D eigenvalue weighted by Crippen LogP contribution is 2.46. The Bertz CT molecular complexity index is 576. The molecule has 1 aliphatic heterocycles. The third-order valence-electron chi connectivity index (χ3n) is 4.32. The van der Waals surface area contributed by atoms with Gasteiger partial charge in [0, 0.05) is 24.6 Å². The lowest BCUT2D eigenvalue weighted by molar-refractivity contribution is -0.124. The standard InChI is InChI=1S/C17H17NO2/c19-12-9-14-13-18(15-7-3-1-4-8-15)16(20)17(14)10-5-2-6-11-17/h1-8,10,12,14H,9,11,13H2/t14-,17-/m1/s1. The van der Waals surface area contributed by atoms with E-state index in [0.717, 1.165) is 12.0 Å². The molecule has 1 heterocycles. The highest BCUT2D eigenvalue weighted by Gasteiger charge is 2.51. The molecule has 3 heteroatoms. The van der Waals surface area contributed by atoms with Gasteiger partial charge in [-0.2, -0.15) is 0 Å². The summed E-state index contributed by atoms with van der Waals surface area (Å²) in [6, 6.07) is 9.68. The molecule has 0 saturated carbocycles. The Hall–Kier alpha value is -2.16. The molecular weight excluding hydrogens is 250 g/mol. The Morgan fingerprint density at radius 2 is 2.05 bits per heavy atom. The van der Waals surface area contributed by atoms with Gasteiger partial charge in [-0.15, -0.1) is 0 Å². The van der Waals surface area contributed by atoms with Crippen LogP contribution in [-0.4, -0.2) is 18.7 Å². The van der Waals surface area contributed by atoms with E-state index in [1.54, 1.807) is 0 Å². The summed E-state index contributed by atoms with van der Waals surface area (Å²) in [5.41, 5.74) is 0.374. The monoisotopic (exact) mass is 267 g/mol. The molecular formula is C17H17NO2. The number of amides is 1. The van der Waals surface area contributed by atoms with Crippen molar-refractivity contribution in [1.82, 2.24) is 0 Å². The first-order chi connectivity index (χ1) is 9.78. The van der Waals surface area contributed by atoms with E-state index in [1.807, 2.05) is 59.5 Å². The highest BCUT2D eigenvalue weighted by atomic mass is 16.2. The Labute approximate surface area is 118 Å². The molecule has 20 heavy (non-hydrogen) atoms. The van der Waals surface area contributed by atoms with E-state index in [-0.39, 0.29) is 11.8 Å². The van der Waals surface area contributed by atoms with Crippen LogP contribution in [0.4, 0.5) is 5.69 Å². The summed E-state index contributed by atoms with van der Waals surface area (Å²) >= 11 is 0. The van der Waals surface area contributed by atoms with Gasteiger partial charge in [0.05, 0.1) is 5.41 Å². The fourth-order valence-electron chi connectivity index (χ4n) is 3.22. The van der Waals surface area contributed by atoms with Gasteiger partial charge in [0.1, 0.15) is 6.29 Å². The second-order valence-corrected chi connectivity index (χ2v) is 5.38. The van der Waals surface area contributed by atoms with Crippen molar-refractivity contribution < 1.29 is 9.59 Å². The lowest BCUT2D eigenvalue weighted by atomic mass is 9.72. The third kappa shape index (κ3) is 1.90. The minimum atomic E-state index is -0.536. The van der Waals surface area contributed by atoms with Gasteiger partial charge in [0.25, 0.3) is 0 Å². The first-order valence-corrected chi connectivity index (χ1v) is 6.93. The van der Waals surface area contributed by atoms with Crippen molar-refractivity contribution in [1.29, 1.82) is 0 Å². The summed E-state index contributed by atoms with van der Waals surface area (Å²) in [5, 5.41) is 0. The minimum Gasteiger partial charge on any atom is -0.311 e. The summed E-state index contributed by atoms with van der Waals surface area (Å²) in [6.07, 6.45) is 9.92. The first kappa shape index (κ1) is 12.9. The van der Waals surface area contributed by atoms with Crippen LogP contribution in [0.2, 0.25) is 0 Å². The summed E-state index contributed by atoms with van der Waals surface area (Å²) in [7, 11) is 0. The van der Waals surface area contributed by atoms with Crippen molar-refractivity contribution in [3.8, 4) is 0 Å². The zero-order chi connectivity index (χ0) is 14.0. The Morgan fingerprint density at radius 1 is 1.25 bits per heavy atom. The molecule has 1 fully saturated rings. The van der Waals surface area contributed by atoms with Crippen LogP contribution < -0.4 is 4.90 Å². The third-order valence-corrected chi connectivity index (χ3v) is 4.32. The molecule has 0 unspecified atom stereocenters. The number of benzene rings is 1. The molecule has 1 aliphatic carbocycles. The van der Waals surface area contributed by atoms with Crippen molar-refractivity contribution in [2.45, 2.75) is 12.8 Å². The number of aldehydes is 1. The number of carbonyl (C=O) groups excluding carboxylic acids is 2. The molecule has 3 nitrogen and oxygen atoms in total. The maximum atomic E-state index is 12.9. The number of nitrogens with zero attached hydrogens (tertiary/aromatic N) is 1. The number of allylic oxidation sites excluding steroid dienone is 3. The van der Waals surface area contributed by atoms with Crippen LogP contribution in [-0.2, 0) is 9.59 Å². The number of para-hydroxylation sites is 1. The van der Waals surface area contributed by atoms with Gasteiger partial charge in [0.15, 0.2) is 0 Å². The minimum absolute atomic E-state index is 0.0499. The van der Waals surface area contributed by atoms with Crippen molar-refractivity contribution in [2.75, 3.05) is 11.4 Å². The molecule has 1 aromatic rings. The zero-order valence-electron chi connectivity index (χ0n) is 11.2. The van der Waals surface area contributed by atoms with E-state index >= 15 is 0 Å². The van der Waals surface area contributed by atoms with E-state index in [4.69, 9.17) is 0 Å². The van der Waals surface area contributed by atoms with Gasteiger partial charge in [-0.3, -0.25) is 4.79 Å². The normalized spacial score (nSPS) is 28.3. The van der Waals surface area contributed by atoms with Crippen LogP contribution in [0.15, 0.2) is 54.6 Å².